The van der Waals surface area contributed by atoms with Crippen LogP contribution < -0.4 is 10.6 Å². The SMILES string of the molecule is CCCCCCCNC(=O)c1ccc(CNCCCO)cc1. The predicted molar refractivity (Wildman–Crippen MR) is 90.9 cm³/mol. The lowest BCUT2D eigenvalue weighted by Crippen LogP contribution is -2.24. The van der Waals surface area contributed by atoms with Crippen LogP contribution in [0.3, 0.4) is 0 Å². The van der Waals surface area contributed by atoms with Crippen molar-refractivity contribution in [3.05, 3.63) is 35.4 Å². The molecule has 4 heteroatoms. The van der Waals surface area contributed by atoms with Gasteiger partial charge in [-0.2, -0.15) is 0 Å². The van der Waals surface area contributed by atoms with Crippen molar-refractivity contribution in [2.75, 3.05) is 19.7 Å². The van der Waals surface area contributed by atoms with E-state index in [4.69, 9.17) is 5.11 Å². The van der Waals surface area contributed by atoms with Gasteiger partial charge >= 0.3 is 0 Å². The highest BCUT2D eigenvalue weighted by molar-refractivity contribution is 5.94. The fourth-order valence-corrected chi connectivity index (χ4v) is 2.24. The molecule has 0 saturated carbocycles. The second kappa shape index (κ2) is 12.2. The molecule has 0 radical (unpaired) electrons. The summed E-state index contributed by atoms with van der Waals surface area (Å²) in [5, 5.41) is 14.9. The minimum absolute atomic E-state index is 0.00952. The van der Waals surface area contributed by atoms with Gasteiger partial charge in [0, 0.05) is 25.3 Å². The number of benzene rings is 1. The molecule has 0 fully saturated rings. The van der Waals surface area contributed by atoms with Crippen LogP contribution in [0.25, 0.3) is 0 Å². The van der Waals surface area contributed by atoms with E-state index in [-0.39, 0.29) is 12.5 Å². The van der Waals surface area contributed by atoms with Crippen LogP contribution in [0.1, 0.15) is 61.4 Å². The fourth-order valence-electron chi connectivity index (χ4n) is 2.24. The molecule has 22 heavy (non-hydrogen) atoms. The van der Waals surface area contributed by atoms with Gasteiger partial charge < -0.3 is 15.7 Å². The van der Waals surface area contributed by atoms with Crippen molar-refractivity contribution in [2.45, 2.75) is 52.0 Å². The maximum Gasteiger partial charge on any atom is 0.251 e. The Balaban J connectivity index is 2.22. The van der Waals surface area contributed by atoms with Crippen LogP contribution in [0.4, 0.5) is 0 Å². The summed E-state index contributed by atoms with van der Waals surface area (Å²) < 4.78 is 0. The van der Waals surface area contributed by atoms with Crippen molar-refractivity contribution >= 4 is 5.91 Å². The molecule has 0 atom stereocenters. The first-order chi connectivity index (χ1) is 10.8. The second-order valence-corrected chi connectivity index (χ2v) is 5.62. The van der Waals surface area contributed by atoms with Crippen LogP contribution in [0, 0.1) is 0 Å². The molecule has 0 aliphatic heterocycles. The number of hydrogen-bond donors (Lipinski definition) is 3. The van der Waals surface area contributed by atoms with Gasteiger partial charge in [-0.1, -0.05) is 44.7 Å². The van der Waals surface area contributed by atoms with Gasteiger partial charge in [0.05, 0.1) is 0 Å². The Hall–Kier alpha value is -1.39. The largest absolute Gasteiger partial charge is 0.396 e. The number of hydrogen-bond acceptors (Lipinski definition) is 3. The van der Waals surface area contributed by atoms with E-state index in [0.29, 0.717) is 5.56 Å². The summed E-state index contributed by atoms with van der Waals surface area (Å²) in [6, 6.07) is 7.69. The van der Waals surface area contributed by atoms with E-state index in [1.807, 2.05) is 24.3 Å². The van der Waals surface area contributed by atoms with Crippen molar-refractivity contribution in [3.8, 4) is 0 Å². The monoisotopic (exact) mass is 306 g/mol. The van der Waals surface area contributed by atoms with Crippen LogP contribution in [0.15, 0.2) is 24.3 Å². The summed E-state index contributed by atoms with van der Waals surface area (Å²) in [6.07, 6.45) is 6.78. The quantitative estimate of drug-likeness (QED) is 0.520. The molecule has 0 spiro atoms. The van der Waals surface area contributed by atoms with E-state index >= 15 is 0 Å². The molecular formula is C18H30N2O2. The third-order valence-corrected chi connectivity index (χ3v) is 3.62. The van der Waals surface area contributed by atoms with Crippen molar-refractivity contribution in [1.82, 2.24) is 10.6 Å². The average Bonchev–Trinajstić information content (AvgIpc) is 2.55. The lowest BCUT2D eigenvalue weighted by Gasteiger charge is -2.07. The van der Waals surface area contributed by atoms with Gasteiger partial charge in [-0.15, -0.1) is 0 Å². The molecule has 1 rings (SSSR count). The number of aliphatic hydroxyl groups excluding tert-OH is 1. The lowest BCUT2D eigenvalue weighted by molar-refractivity contribution is 0.0953. The third kappa shape index (κ3) is 8.15. The van der Waals surface area contributed by atoms with E-state index in [0.717, 1.165) is 38.0 Å². The lowest BCUT2D eigenvalue weighted by atomic mass is 10.1. The molecule has 0 bridgehead atoms. The Morgan fingerprint density at radius 2 is 1.73 bits per heavy atom. The molecule has 0 unspecified atom stereocenters. The fraction of sp³-hybridized carbons (Fsp3) is 0.611. The smallest absolute Gasteiger partial charge is 0.251 e. The van der Waals surface area contributed by atoms with Crippen LogP contribution in [-0.2, 0) is 6.54 Å². The Labute approximate surface area is 134 Å². The molecule has 0 aliphatic rings. The standard InChI is InChI=1S/C18H30N2O2/c1-2-3-4-5-6-13-20-18(22)17-10-8-16(9-11-17)15-19-12-7-14-21/h8-11,19,21H,2-7,12-15H2,1H3,(H,20,22). The molecule has 124 valence electrons. The van der Waals surface area contributed by atoms with Crippen LogP contribution in [0.2, 0.25) is 0 Å². The van der Waals surface area contributed by atoms with E-state index in [2.05, 4.69) is 17.6 Å². The highest BCUT2D eigenvalue weighted by atomic mass is 16.3. The number of carbonyl (C=O) groups is 1. The minimum atomic E-state index is 0.00952. The maximum atomic E-state index is 12.0. The number of carbonyl (C=O) groups excluding carboxylic acids is 1. The topological polar surface area (TPSA) is 61.4 Å². The van der Waals surface area contributed by atoms with E-state index < -0.39 is 0 Å². The summed E-state index contributed by atoms with van der Waals surface area (Å²) in [6.45, 7) is 4.74. The maximum absolute atomic E-state index is 12.0. The molecule has 3 N–H and O–H groups in total. The van der Waals surface area contributed by atoms with Gasteiger partial charge in [-0.05, 0) is 37.1 Å². The van der Waals surface area contributed by atoms with Gasteiger partial charge in [-0.3, -0.25) is 4.79 Å². The van der Waals surface area contributed by atoms with E-state index in [9.17, 15) is 4.79 Å². The molecule has 1 aromatic rings. The first-order valence-electron chi connectivity index (χ1n) is 8.46. The van der Waals surface area contributed by atoms with Crippen molar-refractivity contribution in [1.29, 1.82) is 0 Å². The molecule has 0 aromatic heterocycles. The molecular weight excluding hydrogens is 276 g/mol. The zero-order chi connectivity index (χ0) is 16.0. The minimum Gasteiger partial charge on any atom is -0.396 e. The normalized spacial score (nSPS) is 10.6. The molecule has 0 aliphatic carbocycles. The molecule has 4 nitrogen and oxygen atoms in total. The molecule has 1 aromatic carbocycles. The molecule has 0 heterocycles. The zero-order valence-electron chi connectivity index (χ0n) is 13.7. The van der Waals surface area contributed by atoms with E-state index in [1.165, 1.54) is 25.7 Å². The summed E-state index contributed by atoms with van der Waals surface area (Å²) in [5.41, 5.74) is 1.86. The number of unbranched alkanes of at least 4 members (excludes halogenated alkanes) is 4. The molecule has 1 amide bonds. The highest BCUT2D eigenvalue weighted by Gasteiger charge is 2.04. The predicted octanol–water partition coefficient (Wildman–Crippen LogP) is 2.86. The van der Waals surface area contributed by atoms with Gasteiger partial charge in [0.2, 0.25) is 0 Å². The van der Waals surface area contributed by atoms with Gasteiger partial charge in [0.1, 0.15) is 0 Å². The van der Waals surface area contributed by atoms with Crippen molar-refractivity contribution < 1.29 is 9.90 Å². The molecule has 0 saturated heterocycles. The van der Waals surface area contributed by atoms with Crippen LogP contribution >= 0.6 is 0 Å². The van der Waals surface area contributed by atoms with Gasteiger partial charge in [0.25, 0.3) is 5.91 Å². The summed E-state index contributed by atoms with van der Waals surface area (Å²) in [5.74, 6) is 0.00952. The Morgan fingerprint density at radius 1 is 1.00 bits per heavy atom. The highest BCUT2D eigenvalue weighted by Crippen LogP contribution is 2.05. The number of rotatable bonds is 12. The van der Waals surface area contributed by atoms with Crippen LogP contribution in [0.5, 0.6) is 0 Å². The van der Waals surface area contributed by atoms with Gasteiger partial charge in [0.15, 0.2) is 0 Å². The Kier molecular flexibility index (Phi) is 10.3. The van der Waals surface area contributed by atoms with Crippen molar-refractivity contribution in [3.63, 3.8) is 0 Å². The summed E-state index contributed by atoms with van der Waals surface area (Å²) >= 11 is 0. The summed E-state index contributed by atoms with van der Waals surface area (Å²) in [4.78, 5) is 12.0. The summed E-state index contributed by atoms with van der Waals surface area (Å²) in [7, 11) is 0. The first kappa shape index (κ1) is 18.7. The van der Waals surface area contributed by atoms with Gasteiger partial charge in [-0.25, -0.2) is 0 Å². The van der Waals surface area contributed by atoms with E-state index in [1.54, 1.807) is 0 Å². The Morgan fingerprint density at radius 3 is 2.41 bits per heavy atom. The van der Waals surface area contributed by atoms with Crippen molar-refractivity contribution in [2.24, 2.45) is 0 Å². The number of aliphatic hydroxyl groups is 1. The second-order valence-electron chi connectivity index (χ2n) is 5.62. The first-order valence-corrected chi connectivity index (χ1v) is 8.46. The average molecular weight is 306 g/mol. The third-order valence-electron chi connectivity index (χ3n) is 3.62. The zero-order valence-corrected chi connectivity index (χ0v) is 13.7. The van der Waals surface area contributed by atoms with Crippen LogP contribution in [-0.4, -0.2) is 30.7 Å². The number of amides is 1. The number of nitrogens with one attached hydrogen (secondary N) is 2. The Bertz CT molecular complexity index is 404.